The van der Waals surface area contributed by atoms with E-state index in [1.807, 2.05) is 38.1 Å². The number of benzene rings is 1. The third-order valence-electron chi connectivity index (χ3n) is 2.99. The van der Waals surface area contributed by atoms with Crippen molar-refractivity contribution in [3.63, 3.8) is 0 Å². The van der Waals surface area contributed by atoms with Crippen molar-refractivity contribution in [3.8, 4) is 0 Å². The molecule has 0 heterocycles. The minimum absolute atomic E-state index is 0.0711. The zero-order valence-corrected chi connectivity index (χ0v) is 12.8. The van der Waals surface area contributed by atoms with Gasteiger partial charge in [-0.25, -0.2) is 4.79 Å². The average molecular weight is 262 g/mol. The molecule has 1 aromatic rings. The maximum atomic E-state index is 11.7. The van der Waals surface area contributed by atoms with E-state index in [2.05, 4.69) is 20.8 Å². The zero-order chi connectivity index (χ0) is 14.4. The number of hydrogen-bond acceptors (Lipinski definition) is 2. The average Bonchev–Trinajstić information content (AvgIpc) is 2.27. The highest BCUT2D eigenvalue weighted by Gasteiger charge is 2.10. The van der Waals surface area contributed by atoms with Gasteiger partial charge in [-0.15, -0.1) is 0 Å². The molecular formula is C17H26O2. The standard InChI is InChI=1S/C17H26O2/c1-12(2)10-14(5)11-15-6-8-16(9-7-15)17(18)19-13(3)4/h6-9,12-14H,10-11H2,1-5H3. The Balaban J connectivity index is 2.58. The van der Waals surface area contributed by atoms with Gasteiger partial charge in [-0.05, 0) is 56.2 Å². The highest BCUT2D eigenvalue weighted by atomic mass is 16.5. The Morgan fingerprint density at radius 2 is 1.63 bits per heavy atom. The molecular weight excluding hydrogens is 236 g/mol. The van der Waals surface area contributed by atoms with Gasteiger partial charge in [0.25, 0.3) is 0 Å². The summed E-state index contributed by atoms with van der Waals surface area (Å²) < 4.78 is 5.17. The molecule has 0 aliphatic rings. The molecule has 0 aliphatic heterocycles. The second-order valence-corrected chi connectivity index (χ2v) is 6.09. The molecule has 0 aromatic heterocycles. The Bertz CT molecular complexity index is 390. The molecule has 1 unspecified atom stereocenters. The van der Waals surface area contributed by atoms with Gasteiger partial charge >= 0.3 is 5.97 Å². The second-order valence-electron chi connectivity index (χ2n) is 6.09. The van der Waals surface area contributed by atoms with Crippen molar-refractivity contribution in [1.29, 1.82) is 0 Å². The van der Waals surface area contributed by atoms with E-state index in [1.54, 1.807) is 0 Å². The molecule has 0 saturated heterocycles. The van der Waals surface area contributed by atoms with E-state index in [9.17, 15) is 4.79 Å². The third-order valence-corrected chi connectivity index (χ3v) is 2.99. The molecule has 1 rings (SSSR count). The van der Waals surface area contributed by atoms with Gasteiger partial charge in [0.1, 0.15) is 0 Å². The van der Waals surface area contributed by atoms with E-state index in [0.29, 0.717) is 11.5 Å². The summed E-state index contributed by atoms with van der Waals surface area (Å²) in [6.45, 7) is 10.5. The van der Waals surface area contributed by atoms with Gasteiger partial charge in [-0.3, -0.25) is 0 Å². The molecule has 0 amide bonds. The lowest BCUT2D eigenvalue weighted by molar-refractivity contribution is 0.0378. The van der Waals surface area contributed by atoms with Gasteiger partial charge in [0.2, 0.25) is 0 Å². The number of rotatable bonds is 6. The number of carbonyl (C=O) groups is 1. The van der Waals surface area contributed by atoms with Crippen LogP contribution in [0.25, 0.3) is 0 Å². The summed E-state index contributed by atoms with van der Waals surface area (Å²) in [5, 5.41) is 0. The first-order chi connectivity index (χ1) is 8.88. The van der Waals surface area contributed by atoms with Gasteiger partial charge in [0.05, 0.1) is 11.7 Å². The Morgan fingerprint density at radius 1 is 1.05 bits per heavy atom. The van der Waals surface area contributed by atoms with Crippen LogP contribution in [-0.2, 0) is 11.2 Å². The van der Waals surface area contributed by atoms with Crippen LogP contribution in [0.5, 0.6) is 0 Å². The molecule has 1 atom stereocenters. The summed E-state index contributed by atoms with van der Waals surface area (Å²) in [6.07, 6.45) is 2.23. The van der Waals surface area contributed by atoms with Gasteiger partial charge in [-0.2, -0.15) is 0 Å². The molecule has 1 aromatic carbocycles. The molecule has 19 heavy (non-hydrogen) atoms. The molecule has 0 saturated carbocycles. The van der Waals surface area contributed by atoms with E-state index in [0.717, 1.165) is 12.3 Å². The quantitative estimate of drug-likeness (QED) is 0.707. The molecule has 0 radical (unpaired) electrons. The lowest BCUT2D eigenvalue weighted by atomic mass is 9.92. The van der Waals surface area contributed by atoms with Crippen LogP contribution >= 0.6 is 0 Å². The van der Waals surface area contributed by atoms with E-state index in [4.69, 9.17) is 4.74 Å². The molecule has 106 valence electrons. The van der Waals surface area contributed by atoms with Crippen molar-refractivity contribution < 1.29 is 9.53 Å². The predicted octanol–water partition coefficient (Wildman–Crippen LogP) is 4.48. The minimum atomic E-state index is -0.239. The van der Waals surface area contributed by atoms with Crippen molar-refractivity contribution in [1.82, 2.24) is 0 Å². The van der Waals surface area contributed by atoms with E-state index in [-0.39, 0.29) is 12.1 Å². The Kier molecular flexibility index (Phi) is 6.07. The summed E-state index contributed by atoms with van der Waals surface area (Å²) in [7, 11) is 0. The van der Waals surface area contributed by atoms with Gasteiger partial charge in [0.15, 0.2) is 0 Å². The minimum Gasteiger partial charge on any atom is -0.459 e. The van der Waals surface area contributed by atoms with E-state index < -0.39 is 0 Å². The van der Waals surface area contributed by atoms with Crippen LogP contribution in [-0.4, -0.2) is 12.1 Å². The summed E-state index contributed by atoms with van der Waals surface area (Å²) in [6, 6.07) is 7.80. The lowest BCUT2D eigenvalue weighted by Gasteiger charge is -2.14. The molecule has 0 fully saturated rings. The van der Waals surface area contributed by atoms with Crippen molar-refractivity contribution in [2.45, 2.75) is 53.6 Å². The highest BCUT2D eigenvalue weighted by molar-refractivity contribution is 5.89. The van der Waals surface area contributed by atoms with Gasteiger partial charge in [-0.1, -0.05) is 32.9 Å². The van der Waals surface area contributed by atoms with Crippen LogP contribution in [0.15, 0.2) is 24.3 Å². The first-order valence-electron chi connectivity index (χ1n) is 7.18. The Hall–Kier alpha value is -1.31. The first-order valence-corrected chi connectivity index (χ1v) is 7.18. The van der Waals surface area contributed by atoms with Crippen molar-refractivity contribution >= 4 is 5.97 Å². The predicted molar refractivity (Wildman–Crippen MR) is 79.3 cm³/mol. The van der Waals surface area contributed by atoms with E-state index >= 15 is 0 Å². The van der Waals surface area contributed by atoms with Crippen molar-refractivity contribution in [2.75, 3.05) is 0 Å². The van der Waals surface area contributed by atoms with E-state index in [1.165, 1.54) is 12.0 Å². The highest BCUT2D eigenvalue weighted by Crippen LogP contribution is 2.17. The fourth-order valence-electron chi connectivity index (χ4n) is 2.35. The number of hydrogen-bond donors (Lipinski definition) is 0. The topological polar surface area (TPSA) is 26.3 Å². The molecule has 0 bridgehead atoms. The monoisotopic (exact) mass is 262 g/mol. The Labute approximate surface area is 117 Å². The molecule has 0 spiro atoms. The lowest BCUT2D eigenvalue weighted by Crippen LogP contribution is -2.11. The molecule has 0 aliphatic carbocycles. The van der Waals surface area contributed by atoms with Crippen LogP contribution in [0.4, 0.5) is 0 Å². The molecule has 2 heteroatoms. The van der Waals surface area contributed by atoms with Crippen LogP contribution in [0, 0.1) is 11.8 Å². The third kappa shape index (κ3) is 5.91. The zero-order valence-electron chi connectivity index (χ0n) is 12.8. The largest absolute Gasteiger partial charge is 0.459 e. The fraction of sp³-hybridized carbons (Fsp3) is 0.588. The van der Waals surface area contributed by atoms with Gasteiger partial charge in [0, 0.05) is 0 Å². The molecule has 0 N–H and O–H groups in total. The molecule has 2 nitrogen and oxygen atoms in total. The first kappa shape index (κ1) is 15.7. The SMILES string of the molecule is CC(C)CC(C)Cc1ccc(C(=O)OC(C)C)cc1. The van der Waals surface area contributed by atoms with Crippen LogP contribution in [0.1, 0.15) is 57.0 Å². The maximum absolute atomic E-state index is 11.7. The summed E-state index contributed by atoms with van der Waals surface area (Å²) in [5.41, 5.74) is 1.92. The van der Waals surface area contributed by atoms with Crippen LogP contribution in [0.3, 0.4) is 0 Å². The van der Waals surface area contributed by atoms with Gasteiger partial charge < -0.3 is 4.74 Å². The number of esters is 1. The van der Waals surface area contributed by atoms with Crippen molar-refractivity contribution in [3.05, 3.63) is 35.4 Å². The smallest absolute Gasteiger partial charge is 0.338 e. The number of carbonyl (C=O) groups excluding carboxylic acids is 1. The normalized spacial score (nSPS) is 12.8. The summed E-state index contributed by atoms with van der Waals surface area (Å²) in [5.74, 6) is 1.17. The fourth-order valence-corrected chi connectivity index (χ4v) is 2.35. The maximum Gasteiger partial charge on any atom is 0.338 e. The Morgan fingerprint density at radius 3 is 2.11 bits per heavy atom. The summed E-state index contributed by atoms with van der Waals surface area (Å²) >= 11 is 0. The number of ether oxygens (including phenoxy) is 1. The van der Waals surface area contributed by atoms with Crippen LogP contribution < -0.4 is 0 Å². The van der Waals surface area contributed by atoms with Crippen LogP contribution in [0.2, 0.25) is 0 Å². The van der Waals surface area contributed by atoms with Crippen molar-refractivity contribution in [2.24, 2.45) is 11.8 Å². The second kappa shape index (κ2) is 7.32. The summed E-state index contributed by atoms with van der Waals surface area (Å²) in [4.78, 5) is 11.7.